The molecule has 1 fully saturated rings. The summed E-state index contributed by atoms with van der Waals surface area (Å²) in [6, 6.07) is 9.52. The minimum absolute atomic E-state index is 0.0178. The Kier molecular flexibility index (Phi) is 5.61. The largest absolute Gasteiger partial charge is 0.379 e. The van der Waals surface area contributed by atoms with Crippen molar-refractivity contribution in [2.45, 2.75) is 12.8 Å². The van der Waals surface area contributed by atoms with Gasteiger partial charge in [0.25, 0.3) is 5.56 Å². The molecule has 128 valence electrons. The van der Waals surface area contributed by atoms with Crippen LogP contribution in [-0.2, 0) is 16.0 Å². The molecule has 1 saturated heterocycles. The Morgan fingerprint density at radius 2 is 2.04 bits per heavy atom. The van der Waals surface area contributed by atoms with Crippen molar-refractivity contribution in [2.75, 3.05) is 39.4 Å². The molecule has 6 nitrogen and oxygen atoms in total. The second kappa shape index (κ2) is 8.08. The van der Waals surface area contributed by atoms with Crippen molar-refractivity contribution in [3.05, 3.63) is 46.2 Å². The first-order valence-electron chi connectivity index (χ1n) is 8.40. The molecule has 0 spiro atoms. The van der Waals surface area contributed by atoms with Crippen molar-refractivity contribution in [2.24, 2.45) is 0 Å². The van der Waals surface area contributed by atoms with Gasteiger partial charge in [-0.3, -0.25) is 14.5 Å². The topological polar surface area (TPSA) is 74.4 Å². The lowest BCUT2D eigenvalue weighted by Crippen LogP contribution is -2.41. The van der Waals surface area contributed by atoms with E-state index in [9.17, 15) is 9.59 Å². The minimum atomic E-state index is -0.116. The van der Waals surface area contributed by atoms with E-state index in [0.29, 0.717) is 24.9 Å². The molecule has 1 aromatic carbocycles. The van der Waals surface area contributed by atoms with Gasteiger partial charge in [0, 0.05) is 43.7 Å². The fourth-order valence-electron chi connectivity index (χ4n) is 2.89. The van der Waals surface area contributed by atoms with Crippen LogP contribution in [0.25, 0.3) is 10.9 Å². The summed E-state index contributed by atoms with van der Waals surface area (Å²) < 4.78 is 5.29. The number of rotatable bonds is 6. The number of amides is 1. The second-order valence-corrected chi connectivity index (χ2v) is 6.01. The quantitative estimate of drug-likeness (QED) is 0.826. The van der Waals surface area contributed by atoms with Gasteiger partial charge in [-0.1, -0.05) is 18.2 Å². The maximum atomic E-state index is 12.1. The van der Waals surface area contributed by atoms with Gasteiger partial charge < -0.3 is 15.0 Å². The number of H-pyrrole nitrogens is 1. The fourth-order valence-corrected chi connectivity index (χ4v) is 2.89. The number of aryl methyl sites for hydroxylation is 1. The number of hydrogen-bond acceptors (Lipinski definition) is 4. The highest BCUT2D eigenvalue weighted by atomic mass is 16.5. The zero-order chi connectivity index (χ0) is 16.8. The molecule has 2 aromatic rings. The SMILES string of the molecule is O=C(CCc1cc2ccccc2[nH]c1=O)NCCN1CCOCC1. The van der Waals surface area contributed by atoms with Crippen LogP contribution in [-0.4, -0.2) is 55.2 Å². The molecule has 0 bridgehead atoms. The maximum Gasteiger partial charge on any atom is 0.251 e. The molecule has 1 aromatic heterocycles. The van der Waals surface area contributed by atoms with Gasteiger partial charge in [0.05, 0.1) is 13.2 Å². The van der Waals surface area contributed by atoms with E-state index >= 15 is 0 Å². The normalized spacial score (nSPS) is 15.5. The van der Waals surface area contributed by atoms with Gasteiger partial charge >= 0.3 is 0 Å². The summed E-state index contributed by atoms with van der Waals surface area (Å²) in [4.78, 5) is 29.2. The Bertz CT molecular complexity index is 751. The third-order valence-electron chi connectivity index (χ3n) is 4.31. The first kappa shape index (κ1) is 16.7. The summed E-state index contributed by atoms with van der Waals surface area (Å²) in [5, 5.41) is 3.91. The average molecular weight is 329 g/mol. The number of morpholine rings is 1. The monoisotopic (exact) mass is 329 g/mol. The smallest absolute Gasteiger partial charge is 0.251 e. The number of carbonyl (C=O) groups is 1. The number of carbonyl (C=O) groups excluding carboxylic acids is 1. The lowest BCUT2D eigenvalue weighted by molar-refractivity contribution is -0.121. The number of aromatic nitrogens is 1. The number of benzene rings is 1. The molecule has 6 heteroatoms. The van der Waals surface area contributed by atoms with Gasteiger partial charge in [-0.15, -0.1) is 0 Å². The second-order valence-electron chi connectivity index (χ2n) is 6.01. The molecule has 2 heterocycles. The highest BCUT2D eigenvalue weighted by molar-refractivity contribution is 5.79. The van der Waals surface area contributed by atoms with E-state index in [1.165, 1.54) is 0 Å². The predicted octanol–water partition coefficient (Wildman–Crippen LogP) is 0.909. The molecule has 2 N–H and O–H groups in total. The highest BCUT2D eigenvalue weighted by Gasteiger charge is 2.11. The lowest BCUT2D eigenvalue weighted by Gasteiger charge is -2.26. The molecular weight excluding hydrogens is 306 g/mol. The molecule has 1 aliphatic rings. The van der Waals surface area contributed by atoms with Gasteiger partial charge in [-0.25, -0.2) is 0 Å². The Balaban J connectivity index is 1.47. The molecule has 24 heavy (non-hydrogen) atoms. The minimum Gasteiger partial charge on any atom is -0.379 e. The van der Waals surface area contributed by atoms with Gasteiger partial charge in [-0.05, 0) is 23.9 Å². The Labute approximate surface area is 140 Å². The fraction of sp³-hybridized carbons (Fsp3) is 0.444. The number of hydrogen-bond donors (Lipinski definition) is 2. The summed E-state index contributed by atoms with van der Waals surface area (Å²) in [5.41, 5.74) is 1.35. The molecule has 3 rings (SSSR count). The van der Waals surface area contributed by atoms with Crippen LogP contribution in [0, 0.1) is 0 Å². The predicted molar refractivity (Wildman–Crippen MR) is 93.2 cm³/mol. The van der Waals surface area contributed by atoms with Gasteiger partial charge in [0.1, 0.15) is 0 Å². The molecule has 0 unspecified atom stereocenters. The molecule has 0 saturated carbocycles. The Hall–Kier alpha value is -2.18. The molecule has 1 amide bonds. The zero-order valence-electron chi connectivity index (χ0n) is 13.7. The summed E-state index contributed by atoms with van der Waals surface area (Å²) in [7, 11) is 0. The third kappa shape index (κ3) is 4.43. The molecular formula is C18H23N3O3. The van der Waals surface area contributed by atoms with Crippen molar-refractivity contribution in [3.63, 3.8) is 0 Å². The van der Waals surface area contributed by atoms with Crippen molar-refractivity contribution >= 4 is 16.8 Å². The number of pyridine rings is 1. The Morgan fingerprint density at radius 3 is 2.88 bits per heavy atom. The van der Waals surface area contributed by atoms with Gasteiger partial charge in [0.2, 0.25) is 5.91 Å². The van der Waals surface area contributed by atoms with Crippen LogP contribution in [0.1, 0.15) is 12.0 Å². The van der Waals surface area contributed by atoms with E-state index in [-0.39, 0.29) is 11.5 Å². The first-order chi connectivity index (χ1) is 11.7. The van der Waals surface area contributed by atoms with Crippen LogP contribution in [0.15, 0.2) is 35.1 Å². The molecule has 0 aliphatic carbocycles. The van der Waals surface area contributed by atoms with E-state index in [4.69, 9.17) is 4.74 Å². The van der Waals surface area contributed by atoms with E-state index in [1.807, 2.05) is 30.3 Å². The number of fused-ring (bicyclic) bond motifs is 1. The maximum absolute atomic E-state index is 12.1. The molecule has 0 radical (unpaired) electrons. The van der Waals surface area contributed by atoms with Gasteiger partial charge in [-0.2, -0.15) is 0 Å². The molecule has 1 aliphatic heterocycles. The van der Waals surface area contributed by atoms with E-state index < -0.39 is 0 Å². The molecule has 0 atom stereocenters. The van der Waals surface area contributed by atoms with Crippen molar-refractivity contribution in [3.8, 4) is 0 Å². The summed E-state index contributed by atoms with van der Waals surface area (Å²) >= 11 is 0. The van der Waals surface area contributed by atoms with Crippen molar-refractivity contribution in [1.82, 2.24) is 15.2 Å². The van der Waals surface area contributed by atoms with E-state index in [2.05, 4.69) is 15.2 Å². The highest BCUT2D eigenvalue weighted by Crippen LogP contribution is 2.11. The lowest BCUT2D eigenvalue weighted by atomic mass is 10.1. The number of nitrogens with one attached hydrogen (secondary N) is 2. The number of para-hydroxylation sites is 1. The summed E-state index contributed by atoms with van der Waals surface area (Å²) in [6.07, 6.45) is 0.772. The van der Waals surface area contributed by atoms with Crippen molar-refractivity contribution in [1.29, 1.82) is 0 Å². The summed E-state index contributed by atoms with van der Waals surface area (Å²) in [5.74, 6) is -0.0178. The van der Waals surface area contributed by atoms with Crippen molar-refractivity contribution < 1.29 is 9.53 Å². The third-order valence-corrected chi connectivity index (χ3v) is 4.31. The van der Waals surface area contributed by atoms with Crippen LogP contribution in [0.5, 0.6) is 0 Å². The number of ether oxygens (including phenoxy) is 1. The van der Waals surface area contributed by atoms with Crippen LogP contribution < -0.4 is 10.9 Å². The van der Waals surface area contributed by atoms with Crippen LogP contribution in [0.3, 0.4) is 0 Å². The van der Waals surface area contributed by atoms with E-state index in [1.54, 1.807) is 0 Å². The number of nitrogens with zero attached hydrogens (tertiary/aromatic N) is 1. The first-order valence-corrected chi connectivity index (χ1v) is 8.40. The zero-order valence-corrected chi connectivity index (χ0v) is 13.7. The van der Waals surface area contributed by atoms with Crippen LogP contribution >= 0.6 is 0 Å². The van der Waals surface area contributed by atoms with Crippen LogP contribution in [0.4, 0.5) is 0 Å². The standard InChI is InChI=1S/C18H23N3O3/c22-17(19-7-8-21-9-11-24-12-10-21)6-5-15-13-14-3-1-2-4-16(14)20-18(15)23/h1-4,13H,5-12H2,(H,19,22)(H,20,23). The summed E-state index contributed by atoms with van der Waals surface area (Å²) in [6.45, 7) is 4.83. The van der Waals surface area contributed by atoms with Crippen LogP contribution in [0.2, 0.25) is 0 Å². The van der Waals surface area contributed by atoms with Gasteiger partial charge in [0.15, 0.2) is 0 Å². The van der Waals surface area contributed by atoms with E-state index in [0.717, 1.165) is 43.8 Å². The Morgan fingerprint density at radius 1 is 1.25 bits per heavy atom. The average Bonchev–Trinajstić information content (AvgIpc) is 2.61. The number of aromatic amines is 1.